The van der Waals surface area contributed by atoms with Crippen molar-refractivity contribution in [1.29, 1.82) is 0 Å². The van der Waals surface area contributed by atoms with Crippen LogP contribution in [0.1, 0.15) is 50.7 Å². The van der Waals surface area contributed by atoms with Gasteiger partial charge >= 0.3 is 0 Å². The summed E-state index contributed by atoms with van der Waals surface area (Å²) in [6.07, 6.45) is 5.84. The average Bonchev–Trinajstić information content (AvgIpc) is 2.64. The molecule has 0 aliphatic heterocycles. The van der Waals surface area contributed by atoms with Crippen LogP contribution in [-0.2, 0) is 0 Å². The first-order valence-corrected chi connectivity index (χ1v) is 7.27. The second kappa shape index (κ2) is 4.56. The van der Waals surface area contributed by atoms with Crippen LogP contribution >= 0.6 is 27.3 Å². The first-order chi connectivity index (χ1) is 7.13. The predicted octanol–water partition coefficient (Wildman–Crippen LogP) is 4.51. The van der Waals surface area contributed by atoms with Gasteiger partial charge in [0.25, 0.3) is 0 Å². The molecule has 0 saturated heterocycles. The molecule has 15 heavy (non-hydrogen) atoms. The number of hydrogen-bond donors (Lipinski definition) is 1. The maximum atomic E-state index is 10.5. The molecule has 2 rings (SSSR count). The van der Waals surface area contributed by atoms with E-state index in [4.69, 9.17) is 0 Å². The van der Waals surface area contributed by atoms with Crippen LogP contribution in [0.4, 0.5) is 0 Å². The molecule has 1 saturated carbocycles. The first-order valence-electron chi connectivity index (χ1n) is 5.53. The second-order valence-electron chi connectivity index (χ2n) is 4.79. The number of rotatable bonds is 2. The molecule has 1 aliphatic carbocycles. The van der Waals surface area contributed by atoms with Crippen molar-refractivity contribution in [3.8, 4) is 0 Å². The highest BCUT2D eigenvalue weighted by Gasteiger charge is 2.36. The van der Waals surface area contributed by atoms with Crippen LogP contribution in [0.3, 0.4) is 0 Å². The molecule has 1 aromatic heterocycles. The third-order valence-electron chi connectivity index (χ3n) is 3.59. The minimum Gasteiger partial charge on any atom is -0.388 e. The lowest BCUT2D eigenvalue weighted by Gasteiger charge is -2.38. The van der Waals surface area contributed by atoms with Gasteiger partial charge in [-0.15, -0.1) is 0 Å². The minimum atomic E-state index is -0.307. The maximum Gasteiger partial charge on any atom is 0.0862 e. The Kier molecular flexibility index (Phi) is 3.53. The van der Waals surface area contributed by atoms with Crippen molar-refractivity contribution in [2.45, 2.75) is 45.1 Å². The van der Waals surface area contributed by atoms with Gasteiger partial charge in [-0.05, 0) is 39.6 Å². The Bertz CT molecular complexity index is 328. The van der Waals surface area contributed by atoms with E-state index in [0.29, 0.717) is 0 Å². The van der Waals surface area contributed by atoms with E-state index in [1.165, 1.54) is 19.3 Å². The Morgan fingerprint density at radius 1 is 1.33 bits per heavy atom. The number of aliphatic hydroxyl groups is 1. The molecule has 84 valence electrons. The van der Waals surface area contributed by atoms with E-state index in [1.807, 2.05) is 5.38 Å². The molecule has 1 unspecified atom stereocenters. The molecule has 0 radical (unpaired) electrons. The van der Waals surface area contributed by atoms with Gasteiger partial charge in [0.2, 0.25) is 0 Å². The lowest BCUT2D eigenvalue weighted by molar-refractivity contribution is 0.00801. The Labute approximate surface area is 104 Å². The van der Waals surface area contributed by atoms with Crippen molar-refractivity contribution in [3.05, 3.63) is 20.8 Å². The fraction of sp³-hybridized carbons (Fsp3) is 0.667. The van der Waals surface area contributed by atoms with Crippen molar-refractivity contribution in [2.24, 2.45) is 5.41 Å². The van der Waals surface area contributed by atoms with Gasteiger partial charge in [0.1, 0.15) is 0 Å². The van der Waals surface area contributed by atoms with Gasteiger partial charge in [0, 0.05) is 15.4 Å². The molecule has 0 amide bonds. The van der Waals surface area contributed by atoms with Crippen LogP contribution in [-0.4, -0.2) is 5.11 Å². The van der Waals surface area contributed by atoms with Gasteiger partial charge < -0.3 is 5.11 Å². The maximum absolute atomic E-state index is 10.5. The fourth-order valence-corrected chi connectivity index (χ4v) is 4.03. The van der Waals surface area contributed by atoms with Gasteiger partial charge in [-0.1, -0.05) is 26.2 Å². The molecule has 1 aliphatic rings. The van der Waals surface area contributed by atoms with E-state index in [2.05, 4.69) is 28.2 Å². The highest BCUT2D eigenvalue weighted by atomic mass is 79.9. The van der Waals surface area contributed by atoms with E-state index in [1.54, 1.807) is 11.3 Å². The van der Waals surface area contributed by atoms with Crippen molar-refractivity contribution < 1.29 is 5.11 Å². The largest absolute Gasteiger partial charge is 0.388 e. The molecule has 0 aromatic carbocycles. The van der Waals surface area contributed by atoms with Gasteiger partial charge in [-0.3, -0.25) is 0 Å². The van der Waals surface area contributed by atoms with E-state index >= 15 is 0 Å². The highest BCUT2D eigenvalue weighted by molar-refractivity contribution is 9.10. The molecular weight excluding hydrogens is 272 g/mol. The smallest absolute Gasteiger partial charge is 0.0862 e. The van der Waals surface area contributed by atoms with Crippen LogP contribution in [0.5, 0.6) is 0 Å². The van der Waals surface area contributed by atoms with Crippen LogP contribution in [0.2, 0.25) is 0 Å². The van der Waals surface area contributed by atoms with Crippen LogP contribution in [0, 0.1) is 5.41 Å². The molecule has 0 spiro atoms. The SMILES string of the molecule is CC1(C(O)c2cscc2Br)CCCCC1. The quantitative estimate of drug-likeness (QED) is 0.849. The van der Waals surface area contributed by atoms with E-state index < -0.39 is 0 Å². The third-order valence-corrected chi connectivity index (χ3v) is 5.34. The fourth-order valence-electron chi connectivity index (χ4n) is 2.49. The van der Waals surface area contributed by atoms with Gasteiger partial charge in [0.05, 0.1) is 6.10 Å². The van der Waals surface area contributed by atoms with Crippen LogP contribution < -0.4 is 0 Å². The zero-order chi connectivity index (χ0) is 10.9. The number of aliphatic hydroxyl groups excluding tert-OH is 1. The molecule has 3 heteroatoms. The van der Waals surface area contributed by atoms with Crippen molar-refractivity contribution in [1.82, 2.24) is 0 Å². The average molecular weight is 289 g/mol. The van der Waals surface area contributed by atoms with E-state index in [-0.39, 0.29) is 11.5 Å². The third kappa shape index (κ3) is 2.29. The summed E-state index contributed by atoms with van der Waals surface area (Å²) in [7, 11) is 0. The molecule has 1 nitrogen and oxygen atoms in total. The summed E-state index contributed by atoms with van der Waals surface area (Å²) < 4.78 is 1.06. The molecule has 0 bridgehead atoms. The summed E-state index contributed by atoms with van der Waals surface area (Å²) in [5.74, 6) is 0. The Balaban J connectivity index is 2.19. The summed E-state index contributed by atoms with van der Waals surface area (Å²) >= 11 is 5.16. The van der Waals surface area contributed by atoms with E-state index in [0.717, 1.165) is 22.9 Å². The second-order valence-corrected chi connectivity index (χ2v) is 6.39. The lowest BCUT2D eigenvalue weighted by atomic mass is 9.70. The molecule has 1 aromatic rings. The van der Waals surface area contributed by atoms with Crippen LogP contribution in [0.25, 0.3) is 0 Å². The Morgan fingerprint density at radius 3 is 2.53 bits per heavy atom. The van der Waals surface area contributed by atoms with Gasteiger partial charge in [-0.25, -0.2) is 0 Å². The Hall–Kier alpha value is 0.140. The number of hydrogen-bond acceptors (Lipinski definition) is 2. The van der Waals surface area contributed by atoms with Crippen molar-refractivity contribution in [2.75, 3.05) is 0 Å². The zero-order valence-corrected chi connectivity index (χ0v) is 11.4. The summed E-state index contributed by atoms with van der Waals surface area (Å²) in [6, 6.07) is 0. The summed E-state index contributed by atoms with van der Waals surface area (Å²) in [4.78, 5) is 0. The highest BCUT2D eigenvalue weighted by Crippen LogP contribution is 2.47. The number of thiophene rings is 1. The van der Waals surface area contributed by atoms with Crippen molar-refractivity contribution >= 4 is 27.3 Å². The number of halogens is 1. The van der Waals surface area contributed by atoms with Gasteiger partial charge in [0.15, 0.2) is 0 Å². The first kappa shape index (κ1) is 11.6. The normalized spacial score (nSPS) is 22.6. The summed E-state index contributed by atoms with van der Waals surface area (Å²) in [5.41, 5.74) is 1.16. The summed E-state index contributed by atoms with van der Waals surface area (Å²) in [5, 5.41) is 14.6. The van der Waals surface area contributed by atoms with E-state index in [9.17, 15) is 5.11 Å². The predicted molar refractivity (Wildman–Crippen MR) is 68.2 cm³/mol. The molecule has 1 heterocycles. The standard InChI is InChI=1S/C12H17BrOS/c1-12(5-3-2-4-6-12)11(14)9-7-15-8-10(9)13/h7-8,11,14H,2-6H2,1H3. The topological polar surface area (TPSA) is 20.2 Å². The van der Waals surface area contributed by atoms with Gasteiger partial charge in [-0.2, -0.15) is 11.3 Å². The monoisotopic (exact) mass is 288 g/mol. The summed E-state index contributed by atoms with van der Waals surface area (Å²) in [6.45, 7) is 2.22. The molecular formula is C12H17BrOS. The van der Waals surface area contributed by atoms with Crippen molar-refractivity contribution in [3.63, 3.8) is 0 Å². The Morgan fingerprint density at radius 2 is 2.00 bits per heavy atom. The zero-order valence-electron chi connectivity index (χ0n) is 9.00. The minimum absolute atomic E-state index is 0.0852. The lowest BCUT2D eigenvalue weighted by Crippen LogP contribution is -2.28. The molecule has 1 N–H and O–H groups in total. The molecule has 1 atom stereocenters. The van der Waals surface area contributed by atoms with Crippen LogP contribution in [0.15, 0.2) is 15.2 Å². The molecule has 1 fully saturated rings.